The largest absolute Gasteiger partial charge is 0.493 e. The van der Waals surface area contributed by atoms with Crippen molar-refractivity contribution >= 4 is 29.1 Å². The quantitative estimate of drug-likeness (QED) is 0.445. The van der Waals surface area contributed by atoms with E-state index in [1.807, 2.05) is 31.2 Å². The number of nitrogens with zero attached hydrogens (tertiary/aromatic N) is 2. The number of aryl methyl sites for hydroxylation is 1. The molecule has 1 atom stereocenters. The zero-order valence-corrected chi connectivity index (χ0v) is 20.9. The number of para-hydroxylation sites is 1. The van der Waals surface area contributed by atoms with E-state index in [0.717, 1.165) is 27.7 Å². The van der Waals surface area contributed by atoms with Crippen LogP contribution in [0.4, 0.5) is 0 Å². The average Bonchev–Trinajstić information content (AvgIpc) is 3.22. The first-order valence-electron chi connectivity index (χ1n) is 12.0. The number of carbonyl (C=O) groups is 3. The Hall–Kier alpha value is -4.01. The normalized spacial score (nSPS) is 15.6. The molecule has 0 spiro atoms. The number of ether oxygens (including phenoxy) is 2. The summed E-state index contributed by atoms with van der Waals surface area (Å²) in [6, 6.07) is 12.7. The number of rotatable bonds is 9. The number of aromatic amines is 1. The van der Waals surface area contributed by atoms with Crippen LogP contribution < -0.4 is 14.8 Å². The number of methoxy groups -OCH3 is 2. The summed E-state index contributed by atoms with van der Waals surface area (Å²) in [7, 11) is 3.10. The molecule has 0 radical (unpaired) electrons. The molecule has 3 aromatic rings. The number of piperazine rings is 1. The SMILES string of the molecule is COc1ccc(CC(=O)N2CCN(C=O)C(C(=O)NCCc3c(C)[nH]c4ccccc34)C2)cc1OC. The third kappa shape index (κ3) is 5.30. The fourth-order valence-electron chi connectivity index (χ4n) is 4.75. The van der Waals surface area contributed by atoms with Crippen molar-refractivity contribution < 1.29 is 23.9 Å². The van der Waals surface area contributed by atoms with E-state index >= 15 is 0 Å². The maximum atomic E-state index is 13.0. The third-order valence-corrected chi connectivity index (χ3v) is 6.72. The van der Waals surface area contributed by atoms with Gasteiger partial charge in [-0.3, -0.25) is 14.4 Å². The van der Waals surface area contributed by atoms with Crippen LogP contribution in [-0.4, -0.2) is 79.4 Å². The molecule has 1 aliphatic rings. The molecule has 9 heteroatoms. The van der Waals surface area contributed by atoms with Crippen molar-refractivity contribution in [2.24, 2.45) is 0 Å². The van der Waals surface area contributed by atoms with Gasteiger partial charge in [0.15, 0.2) is 11.5 Å². The predicted octanol–water partition coefficient (Wildman–Crippen LogP) is 2.06. The van der Waals surface area contributed by atoms with Crippen molar-refractivity contribution in [1.29, 1.82) is 0 Å². The van der Waals surface area contributed by atoms with E-state index in [9.17, 15) is 14.4 Å². The summed E-state index contributed by atoms with van der Waals surface area (Å²) in [6.07, 6.45) is 1.51. The van der Waals surface area contributed by atoms with Gasteiger partial charge in [0.1, 0.15) is 6.04 Å². The third-order valence-electron chi connectivity index (χ3n) is 6.72. The summed E-state index contributed by atoms with van der Waals surface area (Å²) in [5, 5.41) is 4.10. The molecule has 9 nitrogen and oxygen atoms in total. The van der Waals surface area contributed by atoms with E-state index in [1.165, 1.54) is 4.90 Å². The molecule has 36 heavy (non-hydrogen) atoms. The summed E-state index contributed by atoms with van der Waals surface area (Å²) in [5.41, 5.74) is 4.09. The Morgan fingerprint density at radius 1 is 1.11 bits per heavy atom. The van der Waals surface area contributed by atoms with Gasteiger partial charge in [0.25, 0.3) is 0 Å². The number of nitrogens with one attached hydrogen (secondary N) is 2. The van der Waals surface area contributed by atoms with Gasteiger partial charge in [-0.05, 0) is 42.7 Å². The summed E-state index contributed by atoms with van der Waals surface area (Å²) in [6.45, 7) is 3.30. The van der Waals surface area contributed by atoms with Crippen molar-refractivity contribution in [3.05, 3.63) is 59.3 Å². The Balaban J connectivity index is 1.37. The average molecular weight is 493 g/mol. The minimum atomic E-state index is -0.727. The van der Waals surface area contributed by atoms with Crippen molar-refractivity contribution in [2.45, 2.75) is 25.8 Å². The number of amides is 3. The molecule has 0 saturated carbocycles. The highest BCUT2D eigenvalue weighted by Gasteiger charge is 2.33. The van der Waals surface area contributed by atoms with E-state index in [-0.39, 0.29) is 24.8 Å². The van der Waals surface area contributed by atoms with Crippen LogP contribution in [0.25, 0.3) is 10.9 Å². The topological polar surface area (TPSA) is 104 Å². The summed E-state index contributed by atoms with van der Waals surface area (Å²) >= 11 is 0. The Kier molecular flexibility index (Phi) is 7.77. The molecule has 3 amide bonds. The Labute approximate surface area is 210 Å². The molecular formula is C27H32N4O5. The lowest BCUT2D eigenvalue weighted by Crippen LogP contribution is -2.59. The summed E-state index contributed by atoms with van der Waals surface area (Å²) in [4.78, 5) is 44.2. The van der Waals surface area contributed by atoms with Crippen molar-refractivity contribution in [2.75, 3.05) is 40.4 Å². The van der Waals surface area contributed by atoms with Gasteiger partial charge >= 0.3 is 0 Å². The molecule has 1 unspecified atom stereocenters. The van der Waals surface area contributed by atoms with Gasteiger partial charge in [-0.15, -0.1) is 0 Å². The fourth-order valence-corrected chi connectivity index (χ4v) is 4.75. The highest BCUT2D eigenvalue weighted by atomic mass is 16.5. The van der Waals surface area contributed by atoms with Gasteiger partial charge in [0.05, 0.1) is 27.2 Å². The first-order chi connectivity index (χ1) is 17.4. The molecule has 0 aliphatic carbocycles. The minimum absolute atomic E-state index is 0.111. The molecule has 1 saturated heterocycles. The van der Waals surface area contributed by atoms with E-state index in [2.05, 4.69) is 16.4 Å². The van der Waals surface area contributed by atoms with Crippen LogP contribution >= 0.6 is 0 Å². The maximum absolute atomic E-state index is 13.0. The molecule has 2 heterocycles. The predicted molar refractivity (Wildman–Crippen MR) is 136 cm³/mol. The number of aromatic nitrogens is 1. The van der Waals surface area contributed by atoms with Crippen molar-refractivity contribution in [1.82, 2.24) is 20.1 Å². The lowest BCUT2D eigenvalue weighted by Gasteiger charge is -2.38. The monoisotopic (exact) mass is 492 g/mol. The number of H-pyrrole nitrogens is 1. The number of carbonyl (C=O) groups excluding carboxylic acids is 3. The van der Waals surface area contributed by atoms with Gasteiger partial charge in [-0.1, -0.05) is 24.3 Å². The summed E-state index contributed by atoms with van der Waals surface area (Å²) < 4.78 is 10.6. The van der Waals surface area contributed by atoms with Crippen LogP contribution in [0.2, 0.25) is 0 Å². The first-order valence-corrected chi connectivity index (χ1v) is 12.0. The molecule has 1 aromatic heterocycles. The van der Waals surface area contributed by atoms with Crippen LogP contribution in [0.1, 0.15) is 16.8 Å². The smallest absolute Gasteiger partial charge is 0.244 e. The van der Waals surface area contributed by atoms with Gasteiger partial charge < -0.3 is 29.6 Å². The lowest BCUT2D eigenvalue weighted by atomic mass is 10.1. The highest BCUT2D eigenvalue weighted by Crippen LogP contribution is 2.28. The standard InChI is InChI=1S/C27H32N4O5/c1-18-20(21-6-4-5-7-22(21)29-18)10-11-28-27(34)23-16-30(12-13-31(23)17-32)26(33)15-19-8-9-24(35-2)25(14-19)36-3/h4-9,14,17,23,29H,10-13,15-16H2,1-3H3,(H,28,34). The second-order valence-corrected chi connectivity index (χ2v) is 8.88. The maximum Gasteiger partial charge on any atom is 0.244 e. The van der Waals surface area contributed by atoms with Crippen molar-refractivity contribution in [3.63, 3.8) is 0 Å². The fraction of sp³-hybridized carbons (Fsp3) is 0.370. The molecule has 190 valence electrons. The second kappa shape index (κ2) is 11.2. The van der Waals surface area contributed by atoms with Crippen LogP contribution in [0.3, 0.4) is 0 Å². The molecule has 2 aromatic carbocycles. The van der Waals surface area contributed by atoms with Crippen molar-refractivity contribution in [3.8, 4) is 11.5 Å². The second-order valence-electron chi connectivity index (χ2n) is 8.88. The van der Waals surface area contributed by atoms with Gasteiger partial charge in [-0.2, -0.15) is 0 Å². The highest BCUT2D eigenvalue weighted by molar-refractivity contribution is 5.87. The molecule has 2 N–H and O–H groups in total. The van der Waals surface area contributed by atoms with E-state index in [4.69, 9.17) is 9.47 Å². The zero-order valence-electron chi connectivity index (χ0n) is 20.9. The van der Waals surface area contributed by atoms with Crippen LogP contribution in [-0.2, 0) is 27.2 Å². The van der Waals surface area contributed by atoms with E-state index in [1.54, 1.807) is 31.3 Å². The molecular weight excluding hydrogens is 460 g/mol. The minimum Gasteiger partial charge on any atom is -0.493 e. The van der Waals surface area contributed by atoms with E-state index < -0.39 is 6.04 Å². The number of hydrogen-bond donors (Lipinski definition) is 2. The van der Waals surface area contributed by atoms with Gasteiger partial charge in [0, 0.05) is 36.2 Å². The van der Waals surface area contributed by atoms with Crippen LogP contribution in [0.5, 0.6) is 11.5 Å². The molecule has 1 fully saturated rings. The molecule has 4 rings (SSSR count). The van der Waals surface area contributed by atoms with Gasteiger partial charge in [0.2, 0.25) is 18.2 Å². The van der Waals surface area contributed by atoms with Gasteiger partial charge in [-0.25, -0.2) is 0 Å². The first kappa shape index (κ1) is 25.1. The Morgan fingerprint density at radius 2 is 1.89 bits per heavy atom. The molecule has 0 bridgehead atoms. The Morgan fingerprint density at radius 3 is 2.64 bits per heavy atom. The van der Waals surface area contributed by atoms with Crippen LogP contribution in [0.15, 0.2) is 42.5 Å². The Bertz CT molecular complexity index is 1250. The van der Waals surface area contributed by atoms with Crippen LogP contribution in [0, 0.1) is 6.92 Å². The molecule has 1 aliphatic heterocycles. The number of hydrogen-bond acceptors (Lipinski definition) is 5. The lowest BCUT2D eigenvalue weighted by molar-refractivity contribution is -0.142. The number of fused-ring (bicyclic) bond motifs is 1. The summed E-state index contributed by atoms with van der Waals surface area (Å²) in [5.74, 6) is 0.771. The van der Waals surface area contributed by atoms with E-state index in [0.29, 0.717) is 44.0 Å². The zero-order chi connectivity index (χ0) is 25.7. The number of benzene rings is 2.